The van der Waals surface area contributed by atoms with Crippen LogP contribution in [0.25, 0.3) is 0 Å². The Morgan fingerprint density at radius 2 is 1.69 bits per heavy atom. The van der Waals surface area contributed by atoms with E-state index in [2.05, 4.69) is 10.6 Å². The summed E-state index contributed by atoms with van der Waals surface area (Å²) in [5.74, 6) is -1.05. The zero-order chi connectivity index (χ0) is 21.0. The molecular formula is C21H20ClF3N2O2. The molecular weight excluding hydrogens is 405 g/mol. The lowest BCUT2D eigenvalue weighted by Gasteiger charge is -2.23. The van der Waals surface area contributed by atoms with Gasteiger partial charge in [0.1, 0.15) is 0 Å². The molecule has 3 rings (SSSR count). The van der Waals surface area contributed by atoms with E-state index >= 15 is 0 Å². The number of benzene rings is 2. The van der Waals surface area contributed by atoms with Gasteiger partial charge in [0.15, 0.2) is 0 Å². The van der Waals surface area contributed by atoms with Crippen LogP contribution in [-0.2, 0) is 6.18 Å². The van der Waals surface area contributed by atoms with Crippen molar-refractivity contribution in [3.63, 3.8) is 0 Å². The molecule has 0 heterocycles. The molecule has 1 aliphatic carbocycles. The molecule has 29 heavy (non-hydrogen) atoms. The van der Waals surface area contributed by atoms with Gasteiger partial charge in [-0.1, -0.05) is 36.9 Å². The van der Waals surface area contributed by atoms with Crippen molar-refractivity contribution in [2.75, 3.05) is 5.32 Å². The number of nitrogens with one attached hydrogen (secondary N) is 2. The molecule has 0 radical (unpaired) electrons. The normalized spacial score (nSPS) is 15.0. The summed E-state index contributed by atoms with van der Waals surface area (Å²) in [5, 5.41) is 5.70. The summed E-state index contributed by atoms with van der Waals surface area (Å²) < 4.78 is 38.5. The molecule has 2 amide bonds. The average molecular weight is 425 g/mol. The number of hydrogen-bond acceptors (Lipinski definition) is 2. The highest BCUT2D eigenvalue weighted by molar-refractivity contribution is 6.34. The van der Waals surface area contributed by atoms with Gasteiger partial charge < -0.3 is 10.6 Å². The van der Waals surface area contributed by atoms with Gasteiger partial charge in [-0.3, -0.25) is 9.59 Å². The zero-order valence-electron chi connectivity index (χ0n) is 15.5. The van der Waals surface area contributed by atoms with Gasteiger partial charge in [-0.25, -0.2) is 0 Å². The molecule has 1 saturated carbocycles. The first-order chi connectivity index (χ1) is 13.7. The third-order valence-electron chi connectivity index (χ3n) is 4.86. The van der Waals surface area contributed by atoms with Crippen molar-refractivity contribution >= 4 is 29.1 Å². The van der Waals surface area contributed by atoms with Crippen LogP contribution in [0.5, 0.6) is 0 Å². The molecule has 0 bridgehead atoms. The summed E-state index contributed by atoms with van der Waals surface area (Å²) in [5.41, 5.74) is -0.568. The van der Waals surface area contributed by atoms with E-state index in [-0.39, 0.29) is 33.8 Å². The minimum Gasteiger partial charge on any atom is -0.349 e. The summed E-state index contributed by atoms with van der Waals surface area (Å²) in [4.78, 5) is 24.9. The van der Waals surface area contributed by atoms with Gasteiger partial charge in [0.2, 0.25) is 0 Å². The van der Waals surface area contributed by atoms with Crippen LogP contribution in [-0.4, -0.2) is 17.9 Å². The van der Waals surface area contributed by atoms with Crippen molar-refractivity contribution < 1.29 is 22.8 Å². The first-order valence-corrected chi connectivity index (χ1v) is 9.71. The van der Waals surface area contributed by atoms with Gasteiger partial charge in [-0.15, -0.1) is 0 Å². The van der Waals surface area contributed by atoms with E-state index in [0.717, 1.165) is 44.2 Å². The first-order valence-electron chi connectivity index (χ1n) is 9.33. The van der Waals surface area contributed by atoms with Crippen LogP contribution >= 0.6 is 11.6 Å². The maximum absolute atomic E-state index is 12.8. The SMILES string of the molecule is O=C(Nc1ccc(Cl)c(C(=O)NC2CCCCC2)c1)c1cccc(C(F)(F)F)c1. The third-order valence-corrected chi connectivity index (χ3v) is 5.19. The Bertz CT molecular complexity index is 909. The maximum Gasteiger partial charge on any atom is 0.416 e. The molecule has 8 heteroatoms. The Balaban J connectivity index is 1.74. The molecule has 0 atom stereocenters. The number of rotatable bonds is 4. The number of alkyl halides is 3. The number of carbonyl (C=O) groups is 2. The summed E-state index contributed by atoms with van der Waals surface area (Å²) in [6.07, 6.45) is 0.563. The van der Waals surface area contributed by atoms with Crippen molar-refractivity contribution in [1.29, 1.82) is 0 Å². The zero-order valence-corrected chi connectivity index (χ0v) is 16.2. The molecule has 154 valence electrons. The lowest BCUT2D eigenvalue weighted by atomic mass is 9.95. The van der Waals surface area contributed by atoms with Crippen LogP contribution in [0.4, 0.5) is 18.9 Å². The van der Waals surface area contributed by atoms with E-state index in [4.69, 9.17) is 11.6 Å². The number of amides is 2. The second-order valence-corrected chi connectivity index (χ2v) is 7.44. The minimum absolute atomic E-state index is 0.0932. The van der Waals surface area contributed by atoms with E-state index < -0.39 is 17.6 Å². The van der Waals surface area contributed by atoms with E-state index in [1.807, 2.05) is 0 Å². The third kappa shape index (κ3) is 5.50. The van der Waals surface area contributed by atoms with Gasteiger partial charge in [-0.05, 0) is 49.2 Å². The van der Waals surface area contributed by atoms with Crippen molar-refractivity contribution in [2.45, 2.75) is 44.3 Å². The van der Waals surface area contributed by atoms with E-state index in [1.54, 1.807) is 0 Å². The van der Waals surface area contributed by atoms with Crippen LogP contribution in [0.15, 0.2) is 42.5 Å². The van der Waals surface area contributed by atoms with Crippen LogP contribution in [0.3, 0.4) is 0 Å². The fraction of sp³-hybridized carbons (Fsp3) is 0.333. The topological polar surface area (TPSA) is 58.2 Å². The highest BCUT2D eigenvalue weighted by atomic mass is 35.5. The number of hydrogen-bond donors (Lipinski definition) is 2. The molecule has 2 N–H and O–H groups in total. The highest BCUT2D eigenvalue weighted by Gasteiger charge is 2.31. The predicted octanol–water partition coefficient (Wildman–Crippen LogP) is 5.67. The Morgan fingerprint density at radius 1 is 0.966 bits per heavy atom. The van der Waals surface area contributed by atoms with Crippen molar-refractivity contribution in [3.8, 4) is 0 Å². The van der Waals surface area contributed by atoms with Gasteiger partial charge in [0.05, 0.1) is 16.1 Å². The predicted molar refractivity (Wildman–Crippen MR) is 105 cm³/mol. The van der Waals surface area contributed by atoms with Crippen LogP contribution in [0.1, 0.15) is 58.4 Å². The molecule has 2 aromatic rings. The molecule has 0 saturated heterocycles. The van der Waals surface area contributed by atoms with Crippen LogP contribution < -0.4 is 10.6 Å². The average Bonchev–Trinajstić information content (AvgIpc) is 2.69. The summed E-state index contributed by atoms with van der Waals surface area (Å²) in [7, 11) is 0. The van der Waals surface area contributed by atoms with E-state index in [1.165, 1.54) is 30.3 Å². The highest BCUT2D eigenvalue weighted by Crippen LogP contribution is 2.30. The quantitative estimate of drug-likeness (QED) is 0.664. The Labute approximate surface area is 171 Å². The molecule has 0 aromatic heterocycles. The summed E-state index contributed by atoms with van der Waals surface area (Å²) >= 11 is 6.13. The summed E-state index contributed by atoms with van der Waals surface area (Å²) in [6, 6.07) is 8.61. The van der Waals surface area contributed by atoms with Gasteiger partial charge in [0.25, 0.3) is 11.8 Å². The minimum atomic E-state index is -4.54. The second-order valence-electron chi connectivity index (χ2n) is 7.04. The molecule has 0 unspecified atom stereocenters. The summed E-state index contributed by atoms with van der Waals surface area (Å²) in [6.45, 7) is 0. The van der Waals surface area contributed by atoms with Gasteiger partial charge in [0, 0.05) is 17.3 Å². The second kappa shape index (κ2) is 8.86. The van der Waals surface area contributed by atoms with Crippen molar-refractivity contribution in [1.82, 2.24) is 5.32 Å². The maximum atomic E-state index is 12.8. The number of halogens is 4. The molecule has 0 aliphatic heterocycles. The van der Waals surface area contributed by atoms with Crippen molar-refractivity contribution in [2.24, 2.45) is 0 Å². The number of anilines is 1. The lowest BCUT2D eigenvalue weighted by Crippen LogP contribution is -2.36. The fourth-order valence-electron chi connectivity index (χ4n) is 3.33. The Hall–Kier alpha value is -2.54. The van der Waals surface area contributed by atoms with E-state index in [9.17, 15) is 22.8 Å². The van der Waals surface area contributed by atoms with Crippen LogP contribution in [0.2, 0.25) is 5.02 Å². The lowest BCUT2D eigenvalue weighted by molar-refractivity contribution is -0.137. The molecule has 1 aliphatic rings. The molecule has 4 nitrogen and oxygen atoms in total. The fourth-order valence-corrected chi connectivity index (χ4v) is 3.53. The standard InChI is InChI=1S/C21H20ClF3N2O2/c22-18-10-9-16(12-17(18)20(29)26-15-7-2-1-3-8-15)27-19(28)13-5-4-6-14(11-13)21(23,24)25/h4-6,9-12,15H,1-3,7-8H2,(H,26,29)(H,27,28). The molecule has 2 aromatic carbocycles. The van der Waals surface area contributed by atoms with Crippen LogP contribution in [0, 0.1) is 0 Å². The first kappa shape index (κ1) is 21.2. The van der Waals surface area contributed by atoms with Gasteiger partial charge >= 0.3 is 6.18 Å². The Kier molecular flexibility index (Phi) is 6.47. The van der Waals surface area contributed by atoms with Crippen molar-refractivity contribution in [3.05, 3.63) is 64.2 Å². The smallest absolute Gasteiger partial charge is 0.349 e. The molecule has 1 fully saturated rings. The largest absolute Gasteiger partial charge is 0.416 e. The monoisotopic (exact) mass is 424 g/mol. The van der Waals surface area contributed by atoms with Gasteiger partial charge in [-0.2, -0.15) is 13.2 Å². The van der Waals surface area contributed by atoms with E-state index in [0.29, 0.717) is 0 Å². The number of carbonyl (C=O) groups excluding carboxylic acids is 2. The Morgan fingerprint density at radius 3 is 2.38 bits per heavy atom. The molecule has 0 spiro atoms.